The quantitative estimate of drug-likeness (QED) is 0.515. The lowest BCUT2D eigenvalue weighted by atomic mass is 10.0. The van der Waals surface area contributed by atoms with Gasteiger partial charge in [-0.3, -0.25) is 5.10 Å². The van der Waals surface area contributed by atoms with Crippen molar-refractivity contribution >= 4 is 28.3 Å². The number of aromatic amines is 1. The summed E-state index contributed by atoms with van der Waals surface area (Å²) in [5.74, 6) is 0.776. The summed E-state index contributed by atoms with van der Waals surface area (Å²) in [5, 5.41) is 21.3. The van der Waals surface area contributed by atoms with Gasteiger partial charge in [-0.1, -0.05) is 54.1 Å². The summed E-state index contributed by atoms with van der Waals surface area (Å²) in [6.07, 6.45) is 0. The minimum absolute atomic E-state index is 0.620. The minimum Gasteiger partial charge on any atom is -0.364 e. The largest absolute Gasteiger partial charge is 0.364 e. The highest BCUT2D eigenvalue weighted by Crippen LogP contribution is 2.34. The highest BCUT2D eigenvalue weighted by Gasteiger charge is 2.11. The average molecular weight is 359 g/mol. The average Bonchev–Trinajstić information content (AvgIpc) is 3.08. The molecule has 126 valence electrons. The van der Waals surface area contributed by atoms with Crippen molar-refractivity contribution in [2.24, 2.45) is 0 Å². The Morgan fingerprint density at radius 3 is 2.54 bits per heavy atom. The van der Waals surface area contributed by atoms with Crippen LogP contribution in [-0.2, 0) is 6.54 Å². The molecule has 0 fully saturated rings. The summed E-state index contributed by atoms with van der Waals surface area (Å²) in [6.45, 7) is 0.620. The number of aromatic nitrogens is 2. The first kappa shape index (κ1) is 16.2. The first-order valence-corrected chi connectivity index (χ1v) is 8.58. The van der Waals surface area contributed by atoms with Gasteiger partial charge in [0.05, 0.1) is 22.2 Å². The summed E-state index contributed by atoms with van der Waals surface area (Å²) in [6, 6.07) is 23.6. The van der Waals surface area contributed by atoms with E-state index in [0.29, 0.717) is 17.1 Å². The second-order valence-corrected chi connectivity index (χ2v) is 6.39. The van der Waals surface area contributed by atoms with Crippen LogP contribution in [0.4, 0.5) is 5.82 Å². The van der Waals surface area contributed by atoms with Gasteiger partial charge in [-0.05, 0) is 35.4 Å². The molecule has 0 atom stereocenters. The number of anilines is 1. The number of rotatable bonds is 4. The lowest BCUT2D eigenvalue weighted by Crippen LogP contribution is -2.00. The molecule has 0 bridgehead atoms. The molecule has 26 heavy (non-hydrogen) atoms. The Hall–Kier alpha value is -3.29. The molecular weight excluding hydrogens is 344 g/mol. The van der Waals surface area contributed by atoms with E-state index in [1.807, 2.05) is 60.7 Å². The van der Waals surface area contributed by atoms with Gasteiger partial charge >= 0.3 is 0 Å². The van der Waals surface area contributed by atoms with Gasteiger partial charge in [-0.2, -0.15) is 10.4 Å². The van der Waals surface area contributed by atoms with Crippen molar-refractivity contribution in [3.8, 4) is 17.2 Å². The molecule has 0 saturated heterocycles. The van der Waals surface area contributed by atoms with Crippen molar-refractivity contribution in [2.45, 2.75) is 6.54 Å². The maximum Gasteiger partial charge on any atom is 0.156 e. The fourth-order valence-corrected chi connectivity index (χ4v) is 3.17. The molecule has 5 heteroatoms. The lowest BCUT2D eigenvalue weighted by molar-refractivity contribution is 1.06. The maximum atomic E-state index is 8.88. The zero-order valence-corrected chi connectivity index (χ0v) is 14.6. The minimum atomic E-state index is 0.620. The smallest absolute Gasteiger partial charge is 0.156 e. The molecule has 2 N–H and O–H groups in total. The molecule has 0 unspecified atom stereocenters. The van der Waals surface area contributed by atoms with Gasteiger partial charge in [0.15, 0.2) is 5.82 Å². The molecular formula is C21H15ClN4. The number of hydrogen-bond donors (Lipinski definition) is 2. The fraction of sp³-hybridized carbons (Fsp3) is 0.0476. The van der Waals surface area contributed by atoms with Crippen LogP contribution in [0.15, 0.2) is 66.7 Å². The van der Waals surface area contributed by atoms with E-state index >= 15 is 0 Å². The molecule has 0 aliphatic heterocycles. The van der Waals surface area contributed by atoms with Gasteiger partial charge in [0, 0.05) is 17.5 Å². The Bertz CT molecular complexity index is 1090. The molecule has 0 amide bonds. The summed E-state index contributed by atoms with van der Waals surface area (Å²) in [7, 11) is 0. The zero-order valence-electron chi connectivity index (χ0n) is 13.8. The Morgan fingerprint density at radius 2 is 1.81 bits per heavy atom. The number of halogens is 1. The van der Waals surface area contributed by atoms with Crippen LogP contribution >= 0.6 is 11.6 Å². The van der Waals surface area contributed by atoms with E-state index in [0.717, 1.165) is 33.4 Å². The SMILES string of the molecule is N#Cc1ccc(CNc2n[nH]c3cc(Cl)c(-c4ccccc4)cc23)cc1. The number of nitriles is 1. The molecule has 3 aromatic carbocycles. The first-order valence-electron chi connectivity index (χ1n) is 8.20. The molecule has 1 heterocycles. The Balaban J connectivity index is 1.64. The zero-order chi connectivity index (χ0) is 17.9. The third-order valence-corrected chi connectivity index (χ3v) is 4.59. The molecule has 0 aliphatic rings. The van der Waals surface area contributed by atoms with E-state index in [2.05, 4.69) is 27.6 Å². The second-order valence-electron chi connectivity index (χ2n) is 5.98. The van der Waals surface area contributed by atoms with Gasteiger partial charge in [0.2, 0.25) is 0 Å². The van der Waals surface area contributed by atoms with E-state index in [-0.39, 0.29) is 0 Å². The van der Waals surface area contributed by atoms with Crippen LogP contribution in [0, 0.1) is 11.3 Å². The monoisotopic (exact) mass is 358 g/mol. The topological polar surface area (TPSA) is 64.5 Å². The first-order chi connectivity index (χ1) is 12.7. The standard InChI is InChI=1S/C21H15ClN4/c22-19-11-20-18(10-17(19)16-4-2-1-3-5-16)21(26-25-20)24-13-15-8-6-14(12-23)7-9-15/h1-11H,13H2,(H2,24,25,26). The van der Waals surface area contributed by atoms with Crippen LogP contribution < -0.4 is 5.32 Å². The highest BCUT2D eigenvalue weighted by molar-refractivity contribution is 6.34. The summed E-state index contributed by atoms with van der Waals surface area (Å²) >= 11 is 6.45. The summed E-state index contributed by atoms with van der Waals surface area (Å²) in [5.41, 5.74) is 4.66. The van der Waals surface area contributed by atoms with E-state index in [1.165, 1.54) is 0 Å². The number of H-pyrrole nitrogens is 1. The van der Waals surface area contributed by atoms with Crippen LogP contribution in [0.1, 0.15) is 11.1 Å². The second kappa shape index (κ2) is 6.91. The summed E-state index contributed by atoms with van der Waals surface area (Å²) < 4.78 is 0. The molecule has 4 rings (SSSR count). The molecule has 0 aliphatic carbocycles. The number of benzene rings is 3. The van der Waals surface area contributed by atoms with Crippen molar-refractivity contribution in [1.29, 1.82) is 5.26 Å². The lowest BCUT2D eigenvalue weighted by Gasteiger charge is -2.07. The van der Waals surface area contributed by atoms with Crippen molar-refractivity contribution in [3.63, 3.8) is 0 Å². The van der Waals surface area contributed by atoms with E-state index < -0.39 is 0 Å². The third-order valence-electron chi connectivity index (χ3n) is 4.28. The number of hydrogen-bond acceptors (Lipinski definition) is 3. The van der Waals surface area contributed by atoms with Gasteiger partial charge < -0.3 is 5.32 Å². The maximum absolute atomic E-state index is 8.88. The van der Waals surface area contributed by atoms with Gasteiger partial charge in [0.25, 0.3) is 0 Å². The molecule has 0 spiro atoms. The normalized spacial score (nSPS) is 10.6. The van der Waals surface area contributed by atoms with Gasteiger partial charge in [-0.25, -0.2) is 0 Å². The third kappa shape index (κ3) is 3.13. The van der Waals surface area contributed by atoms with Crippen LogP contribution in [0.25, 0.3) is 22.0 Å². The summed E-state index contributed by atoms with van der Waals surface area (Å²) in [4.78, 5) is 0. The fourth-order valence-electron chi connectivity index (χ4n) is 2.89. The van der Waals surface area contributed by atoms with Crippen LogP contribution in [-0.4, -0.2) is 10.2 Å². The van der Waals surface area contributed by atoms with Crippen molar-refractivity contribution in [1.82, 2.24) is 10.2 Å². The van der Waals surface area contributed by atoms with Gasteiger partial charge in [-0.15, -0.1) is 0 Å². The molecule has 0 saturated carbocycles. The van der Waals surface area contributed by atoms with Crippen LogP contribution in [0.2, 0.25) is 5.02 Å². The Kier molecular flexibility index (Phi) is 4.30. The number of fused-ring (bicyclic) bond motifs is 1. The van der Waals surface area contributed by atoms with Crippen LogP contribution in [0.5, 0.6) is 0 Å². The van der Waals surface area contributed by atoms with E-state index in [1.54, 1.807) is 0 Å². The highest BCUT2D eigenvalue weighted by atomic mass is 35.5. The molecule has 1 aromatic heterocycles. The Morgan fingerprint density at radius 1 is 1.04 bits per heavy atom. The van der Waals surface area contributed by atoms with Crippen molar-refractivity contribution in [3.05, 3.63) is 82.9 Å². The van der Waals surface area contributed by atoms with Gasteiger partial charge in [0.1, 0.15) is 0 Å². The van der Waals surface area contributed by atoms with E-state index in [9.17, 15) is 0 Å². The molecule has 4 nitrogen and oxygen atoms in total. The van der Waals surface area contributed by atoms with E-state index in [4.69, 9.17) is 16.9 Å². The Labute approximate surface area is 156 Å². The number of nitrogens with one attached hydrogen (secondary N) is 2. The predicted octanol–water partition coefficient (Wildman–Crippen LogP) is 5.37. The predicted molar refractivity (Wildman–Crippen MR) is 105 cm³/mol. The number of nitrogens with zero attached hydrogens (tertiary/aromatic N) is 2. The molecule has 4 aromatic rings. The van der Waals surface area contributed by atoms with Crippen molar-refractivity contribution in [2.75, 3.05) is 5.32 Å². The van der Waals surface area contributed by atoms with Crippen LogP contribution in [0.3, 0.4) is 0 Å². The van der Waals surface area contributed by atoms with Crippen molar-refractivity contribution < 1.29 is 0 Å². The molecule has 0 radical (unpaired) electrons.